The van der Waals surface area contributed by atoms with Crippen molar-refractivity contribution in [2.75, 3.05) is 0 Å². The average molecular weight is 404 g/mol. The number of H-pyrrole nitrogens is 1. The summed E-state index contributed by atoms with van der Waals surface area (Å²) < 4.78 is 14.6. The van der Waals surface area contributed by atoms with Gasteiger partial charge in [0.15, 0.2) is 0 Å². The Hall–Kier alpha value is -3.44. The van der Waals surface area contributed by atoms with Gasteiger partial charge in [-0.25, -0.2) is 4.39 Å². The normalized spacial score (nSPS) is 11.4. The van der Waals surface area contributed by atoms with Gasteiger partial charge in [0.05, 0.1) is 11.3 Å². The molecule has 0 saturated carbocycles. The van der Waals surface area contributed by atoms with Crippen LogP contribution in [0, 0.1) is 0 Å². The predicted molar refractivity (Wildman–Crippen MR) is 114 cm³/mol. The Morgan fingerprint density at radius 2 is 1.66 bits per heavy atom. The molecule has 6 heteroatoms. The maximum absolute atomic E-state index is 13.3. The van der Waals surface area contributed by atoms with Gasteiger partial charge in [-0.1, -0.05) is 60.1 Å². The Kier molecular flexibility index (Phi) is 4.18. The molecule has 0 radical (unpaired) electrons. The lowest BCUT2D eigenvalue weighted by Crippen LogP contribution is -2.15. The van der Waals surface area contributed by atoms with Gasteiger partial charge in [-0.05, 0) is 34.5 Å². The number of nitrogens with one attached hydrogen (secondary N) is 1. The number of rotatable bonds is 3. The van der Waals surface area contributed by atoms with Gasteiger partial charge in [0, 0.05) is 16.7 Å². The van der Waals surface area contributed by atoms with E-state index in [2.05, 4.69) is 10.1 Å². The second-order valence-electron chi connectivity index (χ2n) is 6.82. The van der Waals surface area contributed by atoms with E-state index in [1.165, 1.54) is 10.6 Å². The summed E-state index contributed by atoms with van der Waals surface area (Å²) in [5.41, 5.74) is 3.36. The molecular weight excluding hydrogens is 389 g/mol. The van der Waals surface area contributed by atoms with Gasteiger partial charge >= 0.3 is 0 Å². The van der Waals surface area contributed by atoms with Crippen molar-refractivity contribution in [1.82, 2.24) is 14.6 Å². The highest BCUT2D eigenvalue weighted by molar-refractivity contribution is 6.30. The summed E-state index contributed by atoms with van der Waals surface area (Å²) in [6.45, 7) is -0.760. The van der Waals surface area contributed by atoms with Crippen LogP contribution >= 0.6 is 11.6 Å². The van der Waals surface area contributed by atoms with Crippen molar-refractivity contribution in [2.24, 2.45) is 0 Å². The molecule has 0 aliphatic carbocycles. The number of hydrogen-bond acceptors (Lipinski definition) is 2. The molecule has 0 aliphatic rings. The Morgan fingerprint density at radius 1 is 0.931 bits per heavy atom. The fourth-order valence-corrected chi connectivity index (χ4v) is 3.72. The maximum atomic E-state index is 13.3. The number of aromatic nitrogens is 3. The molecule has 0 saturated heterocycles. The topological polar surface area (TPSA) is 50.2 Å². The largest absolute Gasteiger partial charge is 0.341 e. The molecule has 0 amide bonds. The molecule has 0 aliphatic heterocycles. The van der Waals surface area contributed by atoms with Crippen molar-refractivity contribution in [1.29, 1.82) is 0 Å². The lowest BCUT2D eigenvalue weighted by Gasteiger charge is -2.07. The van der Waals surface area contributed by atoms with Crippen LogP contribution in [-0.2, 0) is 6.67 Å². The lowest BCUT2D eigenvalue weighted by molar-refractivity contribution is 0.475. The summed E-state index contributed by atoms with van der Waals surface area (Å²) in [5.74, 6) is 0. The van der Waals surface area contributed by atoms with E-state index < -0.39 is 6.67 Å². The zero-order valence-corrected chi connectivity index (χ0v) is 15.9. The number of fused-ring (bicyclic) bond motifs is 2. The Labute approximate surface area is 170 Å². The number of halogens is 2. The lowest BCUT2D eigenvalue weighted by atomic mass is 9.98. The van der Waals surface area contributed by atoms with Crippen molar-refractivity contribution in [3.63, 3.8) is 0 Å². The van der Waals surface area contributed by atoms with E-state index >= 15 is 0 Å². The van der Waals surface area contributed by atoms with Gasteiger partial charge < -0.3 is 4.98 Å². The van der Waals surface area contributed by atoms with E-state index in [1.807, 2.05) is 54.6 Å². The highest BCUT2D eigenvalue weighted by Crippen LogP contribution is 2.35. The molecule has 29 heavy (non-hydrogen) atoms. The first-order valence-electron chi connectivity index (χ1n) is 9.10. The van der Waals surface area contributed by atoms with Crippen LogP contribution in [0.1, 0.15) is 5.69 Å². The van der Waals surface area contributed by atoms with Gasteiger partial charge in [-0.3, -0.25) is 4.79 Å². The van der Waals surface area contributed by atoms with Crippen molar-refractivity contribution >= 4 is 28.0 Å². The quantitative estimate of drug-likeness (QED) is 0.424. The first-order valence-corrected chi connectivity index (χ1v) is 9.48. The highest BCUT2D eigenvalue weighted by Gasteiger charge is 2.19. The maximum Gasteiger partial charge on any atom is 0.274 e. The molecule has 0 unspecified atom stereocenters. The molecule has 1 N–H and O–H groups in total. The number of benzene rings is 3. The molecule has 3 aromatic carbocycles. The van der Waals surface area contributed by atoms with Crippen LogP contribution in [-0.4, -0.2) is 14.6 Å². The zero-order chi connectivity index (χ0) is 20.0. The molecule has 0 fully saturated rings. The van der Waals surface area contributed by atoms with Crippen molar-refractivity contribution < 1.29 is 4.39 Å². The molecule has 2 aromatic heterocycles. The Morgan fingerprint density at radius 3 is 2.41 bits per heavy atom. The summed E-state index contributed by atoms with van der Waals surface area (Å²) >= 11 is 6.04. The van der Waals surface area contributed by atoms with Crippen LogP contribution in [0.2, 0.25) is 5.02 Å². The van der Waals surface area contributed by atoms with E-state index in [4.69, 9.17) is 11.6 Å². The minimum absolute atomic E-state index is 0.215. The predicted octanol–water partition coefficient (Wildman–Crippen LogP) is 5.63. The van der Waals surface area contributed by atoms with Crippen LogP contribution in [0.5, 0.6) is 0 Å². The number of aromatic amines is 1. The fourth-order valence-electron chi connectivity index (χ4n) is 3.59. The van der Waals surface area contributed by atoms with Crippen LogP contribution in [0.15, 0.2) is 77.6 Å². The minimum atomic E-state index is -0.760. The Bertz CT molecular complexity index is 1420. The third kappa shape index (κ3) is 3.00. The van der Waals surface area contributed by atoms with Crippen LogP contribution in [0.4, 0.5) is 4.39 Å². The molecule has 2 heterocycles. The average Bonchev–Trinajstić information content (AvgIpc) is 3.14. The second kappa shape index (κ2) is 6.87. The molecule has 5 rings (SSSR count). The van der Waals surface area contributed by atoms with Crippen LogP contribution < -0.4 is 5.56 Å². The SMILES string of the molecule is O=c1cc(CF)[nH]c2c(-c3ccc4ccccc4c3)c(-c3ccc(Cl)cc3)nn12. The summed E-state index contributed by atoms with van der Waals surface area (Å²) in [6.07, 6.45) is 0. The van der Waals surface area contributed by atoms with Crippen LogP contribution in [0.25, 0.3) is 38.8 Å². The number of hydrogen-bond donors (Lipinski definition) is 1. The number of nitrogens with zero attached hydrogens (tertiary/aromatic N) is 2. The van der Waals surface area contributed by atoms with E-state index in [0.717, 1.165) is 27.5 Å². The summed E-state index contributed by atoms with van der Waals surface area (Å²) in [5, 5.41) is 7.34. The Balaban J connectivity index is 1.87. The number of alkyl halides is 1. The first-order chi connectivity index (χ1) is 14.1. The molecular formula is C23H15ClFN3O. The smallest absolute Gasteiger partial charge is 0.274 e. The van der Waals surface area contributed by atoms with Gasteiger partial charge in [-0.15, -0.1) is 0 Å². The van der Waals surface area contributed by atoms with E-state index in [0.29, 0.717) is 16.4 Å². The van der Waals surface area contributed by atoms with E-state index in [9.17, 15) is 9.18 Å². The third-order valence-electron chi connectivity index (χ3n) is 4.97. The van der Waals surface area contributed by atoms with Crippen molar-refractivity contribution in [3.05, 3.63) is 93.9 Å². The molecule has 5 aromatic rings. The summed E-state index contributed by atoms with van der Waals surface area (Å²) in [6, 6.07) is 22.6. The van der Waals surface area contributed by atoms with Gasteiger partial charge in [0.25, 0.3) is 5.56 Å². The summed E-state index contributed by atoms with van der Waals surface area (Å²) in [4.78, 5) is 15.6. The molecule has 0 spiro atoms. The fraction of sp³-hybridized carbons (Fsp3) is 0.0435. The zero-order valence-electron chi connectivity index (χ0n) is 15.2. The molecule has 0 atom stereocenters. The molecule has 0 bridgehead atoms. The first kappa shape index (κ1) is 17.6. The summed E-state index contributed by atoms with van der Waals surface area (Å²) in [7, 11) is 0. The molecule has 142 valence electrons. The molecule has 4 nitrogen and oxygen atoms in total. The third-order valence-corrected chi connectivity index (χ3v) is 5.22. The van der Waals surface area contributed by atoms with Crippen LogP contribution in [0.3, 0.4) is 0 Å². The minimum Gasteiger partial charge on any atom is -0.341 e. The van der Waals surface area contributed by atoms with Crippen molar-refractivity contribution in [3.8, 4) is 22.4 Å². The van der Waals surface area contributed by atoms with Gasteiger partial charge in [0.1, 0.15) is 18.0 Å². The van der Waals surface area contributed by atoms with Crippen molar-refractivity contribution in [2.45, 2.75) is 6.67 Å². The monoisotopic (exact) mass is 403 g/mol. The van der Waals surface area contributed by atoms with E-state index in [-0.39, 0.29) is 11.3 Å². The van der Waals surface area contributed by atoms with E-state index in [1.54, 1.807) is 12.1 Å². The second-order valence-corrected chi connectivity index (χ2v) is 7.26. The van der Waals surface area contributed by atoms with Gasteiger partial charge in [0.2, 0.25) is 0 Å². The van der Waals surface area contributed by atoms with Gasteiger partial charge in [-0.2, -0.15) is 9.61 Å². The standard InChI is InChI=1S/C23H15ClFN3O/c24-18-9-7-15(8-10-18)22-21(17-6-5-14-3-1-2-4-16(14)11-17)23-26-19(13-25)12-20(29)28(23)27-22/h1-12,26H,13H2. The highest BCUT2D eigenvalue weighted by atomic mass is 35.5.